The highest BCUT2D eigenvalue weighted by Crippen LogP contribution is 2.25. The average molecular weight is 528 g/mol. The molecule has 1 heterocycles. The van der Waals surface area contributed by atoms with Gasteiger partial charge in [-0.3, -0.25) is 9.59 Å². The van der Waals surface area contributed by atoms with E-state index in [4.69, 9.17) is 4.74 Å². The molecule has 0 saturated carbocycles. The highest BCUT2D eigenvalue weighted by atomic mass is 16.5. The van der Waals surface area contributed by atoms with Gasteiger partial charge in [-0.05, 0) is 62.6 Å². The fourth-order valence-electron chi connectivity index (χ4n) is 4.38. The summed E-state index contributed by atoms with van der Waals surface area (Å²) in [6.07, 6.45) is 0.546. The molecule has 2 amide bonds. The van der Waals surface area contributed by atoms with Gasteiger partial charge in [0.2, 0.25) is 11.8 Å². The van der Waals surface area contributed by atoms with Crippen LogP contribution in [0.4, 0.5) is 0 Å². The normalized spacial score (nSPS) is 12.1. The molecule has 4 rings (SSSR count). The zero-order valence-corrected chi connectivity index (χ0v) is 22.6. The molecule has 4 aromatic rings. The summed E-state index contributed by atoms with van der Waals surface area (Å²) in [6, 6.07) is 22.8. The summed E-state index contributed by atoms with van der Waals surface area (Å²) in [5, 5.41) is 11.4. The van der Waals surface area contributed by atoms with Gasteiger partial charge in [0.15, 0.2) is 0 Å². The largest absolute Gasteiger partial charge is 0.465 e. The highest BCUT2D eigenvalue weighted by Gasteiger charge is 2.33. The van der Waals surface area contributed by atoms with Gasteiger partial charge in [-0.25, -0.2) is 9.48 Å². The van der Waals surface area contributed by atoms with Gasteiger partial charge in [-0.1, -0.05) is 59.8 Å². The SMILES string of the molecule is COC(=O)c1ccc([C@H](C(=O)NC(C)(C)C)N(CCc2ccccc2)C(=O)Cn2nnc3ccccc32)cc1. The molecule has 0 aliphatic carbocycles. The number of ether oxygens (including phenoxy) is 1. The Bertz CT molecular complexity index is 1440. The Labute approximate surface area is 227 Å². The van der Waals surface area contributed by atoms with E-state index in [9.17, 15) is 14.4 Å². The van der Waals surface area contributed by atoms with Crippen molar-refractivity contribution in [1.82, 2.24) is 25.2 Å². The number of methoxy groups -OCH3 is 1. The number of benzene rings is 3. The van der Waals surface area contributed by atoms with Crippen LogP contribution >= 0.6 is 0 Å². The van der Waals surface area contributed by atoms with Gasteiger partial charge in [-0.2, -0.15) is 0 Å². The lowest BCUT2D eigenvalue weighted by Gasteiger charge is -2.34. The maximum Gasteiger partial charge on any atom is 0.337 e. The Hall–Kier alpha value is -4.53. The Morgan fingerprint density at radius 1 is 0.949 bits per heavy atom. The first-order chi connectivity index (χ1) is 18.7. The Morgan fingerprint density at radius 3 is 2.28 bits per heavy atom. The van der Waals surface area contributed by atoms with Crippen LogP contribution in [-0.2, 0) is 27.3 Å². The summed E-state index contributed by atoms with van der Waals surface area (Å²) in [5.74, 6) is -1.09. The van der Waals surface area contributed by atoms with Crippen LogP contribution in [0.25, 0.3) is 11.0 Å². The average Bonchev–Trinajstić information content (AvgIpc) is 3.32. The molecule has 1 aromatic heterocycles. The smallest absolute Gasteiger partial charge is 0.337 e. The molecule has 0 unspecified atom stereocenters. The molecule has 202 valence electrons. The van der Waals surface area contributed by atoms with Crippen molar-refractivity contribution in [3.05, 3.63) is 95.6 Å². The van der Waals surface area contributed by atoms with Gasteiger partial charge in [0.1, 0.15) is 18.1 Å². The molecule has 0 aliphatic rings. The number of esters is 1. The Morgan fingerprint density at radius 2 is 1.62 bits per heavy atom. The minimum absolute atomic E-state index is 0.0884. The first-order valence-electron chi connectivity index (χ1n) is 12.8. The van der Waals surface area contributed by atoms with Crippen LogP contribution in [0.15, 0.2) is 78.9 Å². The third kappa shape index (κ3) is 6.87. The number of carbonyl (C=O) groups is 3. The van der Waals surface area contributed by atoms with Crippen molar-refractivity contribution in [2.75, 3.05) is 13.7 Å². The second-order valence-electron chi connectivity index (χ2n) is 10.3. The lowest BCUT2D eigenvalue weighted by molar-refractivity contribution is -0.142. The van der Waals surface area contributed by atoms with Crippen molar-refractivity contribution in [2.24, 2.45) is 0 Å². The second kappa shape index (κ2) is 11.9. The number of para-hydroxylation sites is 1. The predicted octanol–water partition coefficient (Wildman–Crippen LogP) is 3.95. The number of nitrogens with zero attached hydrogens (tertiary/aromatic N) is 4. The summed E-state index contributed by atoms with van der Waals surface area (Å²) >= 11 is 0. The van der Waals surface area contributed by atoms with Gasteiger partial charge in [0, 0.05) is 12.1 Å². The van der Waals surface area contributed by atoms with Crippen LogP contribution < -0.4 is 5.32 Å². The minimum atomic E-state index is -0.943. The zero-order valence-electron chi connectivity index (χ0n) is 22.6. The van der Waals surface area contributed by atoms with Gasteiger partial charge in [-0.15, -0.1) is 5.10 Å². The number of hydrogen-bond acceptors (Lipinski definition) is 6. The van der Waals surface area contributed by atoms with E-state index in [-0.39, 0.29) is 24.9 Å². The van der Waals surface area contributed by atoms with Gasteiger partial charge in [0.25, 0.3) is 0 Å². The first-order valence-corrected chi connectivity index (χ1v) is 12.8. The standard InChI is InChI=1S/C30H33N5O4/c1-30(2,3)31-28(37)27(22-14-16-23(17-15-22)29(38)39-4)34(19-18-21-10-6-5-7-11-21)26(36)20-35-25-13-9-8-12-24(25)32-33-35/h5-17,27H,18-20H2,1-4H3,(H,31,37)/t27-/m1/s1. The Kier molecular flexibility index (Phi) is 8.39. The number of rotatable bonds is 9. The van der Waals surface area contributed by atoms with Crippen molar-refractivity contribution in [2.45, 2.75) is 45.3 Å². The van der Waals surface area contributed by atoms with E-state index in [0.717, 1.165) is 11.1 Å². The van der Waals surface area contributed by atoms with E-state index in [1.54, 1.807) is 33.8 Å². The van der Waals surface area contributed by atoms with Crippen LogP contribution in [0, 0.1) is 0 Å². The predicted molar refractivity (Wildman–Crippen MR) is 148 cm³/mol. The van der Waals surface area contributed by atoms with E-state index >= 15 is 0 Å². The first kappa shape index (κ1) is 27.5. The number of fused-ring (bicyclic) bond motifs is 1. The molecule has 0 radical (unpaired) electrons. The molecule has 3 aromatic carbocycles. The molecule has 1 atom stereocenters. The molecule has 0 fully saturated rings. The van der Waals surface area contributed by atoms with E-state index in [2.05, 4.69) is 15.6 Å². The quantitative estimate of drug-likeness (QED) is 0.331. The maximum atomic E-state index is 14.0. The number of hydrogen-bond donors (Lipinski definition) is 1. The summed E-state index contributed by atoms with van der Waals surface area (Å²) in [6.45, 7) is 5.87. The number of aromatic nitrogens is 3. The van der Waals surface area contributed by atoms with Crippen molar-refractivity contribution in [1.29, 1.82) is 0 Å². The third-order valence-electron chi connectivity index (χ3n) is 6.22. The highest BCUT2D eigenvalue weighted by molar-refractivity contribution is 5.91. The van der Waals surface area contributed by atoms with Crippen LogP contribution in [-0.4, -0.2) is 56.9 Å². The van der Waals surface area contributed by atoms with Crippen LogP contribution in [0.2, 0.25) is 0 Å². The van der Waals surface area contributed by atoms with E-state index in [1.807, 2.05) is 75.4 Å². The van der Waals surface area contributed by atoms with Gasteiger partial charge in [0.05, 0.1) is 18.2 Å². The van der Waals surface area contributed by atoms with Crippen molar-refractivity contribution < 1.29 is 19.1 Å². The molecule has 0 bridgehead atoms. The maximum absolute atomic E-state index is 14.0. The molecular formula is C30H33N5O4. The van der Waals surface area contributed by atoms with Crippen LogP contribution in [0.3, 0.4) is 0 Å². The summed E-state index contributed by atoms with van der Waals surface area (Å²) in [7, 11) is 1.31. The van der Waals surface area contributed by atoms with E-state index < -0.39 is 17.6 Å². The second-order valence-corrected chi connectivity index (χ2v) is 10.3. The summed E-state index contributed by atoms with van der Waals surface area (Å²) < 4.78 is 6.37. The lowest BCUT2D eigenvalue weighted by Crippen LogP contribution is -2.50. The van der Waals surface area contributed by atoms with Crippen molar-refractivity contribution in [3.63, 3.8) is 0 Å². The third-order valence-corrected chi connectivity index (χ3v) is 6.22. The monoisotopic (exact) mass is 527 g/mol. The molecule has 9 nitrogen and oxygen atoms in total. The lowest BCUT2D eigenvalue weighted by atomic mass is 9.99. The number of amides is 2. The van der Waals surface area contributed by atoms with Gasteiger partial charge < -0.3 is 15.0 Å². The summed E-state index contributed by atoms with van der Waals surface area (Å²) in [5.41, 5.74) is 2.85. The molecule has 0 aliphatic heterocycles. The molecule has 9 heteroatoms. The van der Waals surface area contributed by atoms with E-state index in [1.165, 1.54) is 7.11 Å². The molecule has 1 N–H and O–H groups in total. The topological polar surface area (TPSA) is 106 Å². The number of nitrogens with one attached hydrogen (secondary N) is 1. The summed E-state index contributed by atoms with van der Waals surface area (Å²) in [4.78, 5) is 41.3. The molecule has 39 heavy (non-hydrogen) atoms. The van der Waals surface area contributed by atoms with E-state index in [0.29, 0.717) is 23.1 Å². The molecule has 0 saturated heterocycles. The Balaban J connectivity index is 1.73. The molecular weight excluding hydrogens is 494 g/mol. The molecule has 0 spiro atoms. The van der Waals surface area contributed by atoms with Crippen molar-refractivity contribution >= 4 is 28.8 Å². The van der Waals surface area contributed by atoms with Crippen molar-refractivity contribution in [3.8, 4) is 0 Å². The fraction of sp³-hybridized carbons (Fsp3) is 0.300. The van der Waals surface area contributed by atoms with Crippen LogP contribution in [0.5, 0.6) is 0 Å². The van der Waals surface area contributed by atoms with Gasteiger partial charge >= 0.3 is 5.97 Å². The van der Waals surface area contributed by atoms with Crippen LogP contribution in [0.1, 0.15) is 48.3 Å². The fourth-order valence-corrected chi connectivity index (χ4v) is 4.38. The minimum Gasteiger partial charge on any atom is -0.465 e. The number of carbonyl (C=O) groups excluding carboxylic acids is 3. The zero-order chi connectivity index (χ0) is 28.0.